The average Bonchev–Trinajstić information content (AvgIpc) is 3.38. The van der Waals surface area contributed by atoms with Crippen LogP contribution in [-0.4, -0.2) is 31.8 Å². The van der Waals surface area contributed by atoms with Crippen LogP contribution in [0.25, 0.3) is 0 Å². The standard InChI is InChI=1S/C29H32BrNO4/c1-34-26-13-10-21(16-27(26)35-2)29(14-6-7-15-29)19-31-28(33)18-23(20-8-4-3-5-9-20)24-17-22(30)11-12-25(24)32/h3-5,8-13,16-17,23,32H,6-7,14-15,18-19H2,1-2H3,(H,31,33). The highest BCUT2D eigenvalue weighted by Crippen LogP contribution is 2.43. The quantitative estimate of drug-likeness (QED) is 0.335. The minimum absolute atomic E-state index is 0.0371. The fourth-order valence-electron chi connectivity index (χ4n) is 5.21. The zero-order valence-electron chi connectivity index (χ0n) is 20.2. The molecule has 1 amide bonds. The Hall–Kier alpha value is -2.99. The van der Waals surface area contributed by atoms with Gasteiger partial charge in [-0.1, -0.05) is 65.2 Å². The second-order valence-electron chi connectivity index (χ2n) is 9.20. The first-order chi connectivity index (χ1) is 17.0. The highest BCUT2D eigenvalue weighted by molar-refractivity contribution is 9.10. The van der Waals surface area contributed by atoms with E-state index in [1.54, 1.807) is 26.4 Å². The molecule has 3 aromatic carbocycles. The van der Waals surface area contributed by atoms with Crippen molar-refractivity contribution in [3.8, 4) is 17.2 Å². The Morgan fingerprint density at radius 2 is 1.71 bits per heavy atom. The smallest absolute Gasteiger partial charge is 0.220 e. The van der Waals surface area contributed by atoms with Gasteiger partial charge in [0.2, 0.25) is 5.91 Å². The molecule has 0 saturated heterocycles. The molecule has 0 bridgehead atoms. The minimum Gasteiger partial charge on any atom is -0.508 e. The monoisotopic (exact) mass is 537 g/mol. The number of hydrogen-bond acceptors (Lipinski definition) is 4. The molecule has 1 saturated carbocycles. The number of carbonyl (C=O) groups excluding carboxylic acids is 1. The first-order valence-corrected chi connectivity index (χ1v) is 12.8. The van der Waals surface area contributed by atoms with Gasteiger partial charge in [0, 0.05) is 34.3 Å². The van der Waals surface area contributed by atoms with Crippen molar-refractivity contribution >= 4 is 21.8 Å². The summed E-state index contributed by atoms with van der Waals surface area (Å²) in [7, 11) is 3.28. The molecule has 184 valence electrons. The summed E-state index contributed by atoms with van der Waals surface area (Å²) in [4.78, 5) is 13.3. The Balaban J connectivity index is 1.55. The Kier molecular flexibility index (Phi) is 8.01. The molecule has 0 aliphatic heterocycles. The molecule has 1 unspecified atom stereocenters. The SMILES string of the molecule is COc1ccc(C2(CNC(=O)CC(c3ccccc3)c3cc(Br)ccc3O)CCCC2)cc1OC. The Labute approximate surface area is 215 Å². The summed E-state index contributed by atoms with van der Waals surface area (Å²) in [5.74, 6) is 1.30. The van der Waals surface area contributed by atoms with Crippen LogP contribution in [0.1, 0.15) is 54.7 Å². The van der Waals surface area contributed by atoms with E-state index in [-0.39, 0.29) is 29.4 Å². The number of phenolic OH excluding ortho intramolecular Hbond substituents is 1. The predicted molar refractivity (Wildman–Crippen MR) is 141 cm³/mol. The van der Waals surface area contributed by atoms with Gasteiger partial charge in [0.1, 0.15) is 5.75 Å². The van der Waals surface area contributed by atoms with Crippen molar-refractivity contribution in [1.82, 2.24) is 5.32 Å². The van der Waals surface area contributed by atoms with Crippen molar-refractivity contribution in [3.63, 3.8) is 0 Å². The van der Waals surface area contributed by atoms with Crippen molar-refractivity contribution in [1.29, 1.82) is 0 Å². The van der Waals surface area contributed by atoms with Crippen molar-refractivity contribution < 1.29 is 19.4 Å². The van der Waals surface area contributed by atoms with Gasteiger partial charge >= 0.3 is 0 Å². The predicted octanol–water partition coefficient (Wildman–Crippen LogP) is 6.32. The molecule has 6 heteroatoms. The van der Waals surface area contributed by atoms with E-state index in [1.807, 2.05) is 48.5 Å². The molecule has 1 aliphatic carbocycles. The summed E-state index contributed by atoms with van der Waals surface area (Å²) in [6.45, 7) is 0.563. The molecule has 3 aromatic rings. The molecule has 1 aliphatic rings. The third kappa shape index (κ3) is 5.64. The number of benzene rings is 3. The minimum atomic E-state index is -0.255. The number of aromatic hydroxyl groups is 1. The van der Waals surface area contributed by atoms with Crippen LogP contribution in [0.15, 0.2) is 71.2 Å². The van der Waals surface area contributed by atoms with Gasteiger partial charge in [0.05, 0.1) is 14.2 Å². The first-order valence-electron chi connectivity index (χ1n) is 12.0. The number of methoxy groups -OCH3 is 2. The summed E-state index contributed by atoms with van der Waals surface area (Å²) in [6.07, 6.45) is 4.52. The lowest BCUT2D eigenvalue weighted by Gasteiger charge is -2.31. The first kappa shape index (κ1) is 25.1. The fourth-order valence-corrected chi connectivity index (χ4v) is 5.59. The van der Waals surface area contributed by atoms with Crippen molar-refractivity contribution in [2.75, 3.05) is 20.8 Å². The lowest BCUT2D eigenvalue weighted by molar-refractivity contribution is -0.121. The van der Waals surface area contributed by atoms with Crippen molar-refractivity contribution in [2.45, 2.75) is 43.4 Å². The molecule has 1 atom stereocenters. The number of rotatable bonds is 9. The highest BCUT2D eigenvalue weighted by atomic mass is 79.9. The summed E-state index contributed by atoms with van der Waals surface area (Å²) < 4.78 is 11.8. The van der Waals surface area contributed by atoms with Crippen LogP contribution in [0.4, 0.5) is 0 Å². The van der Waals surface area contributed by atoms with Gasteiger partial charge in [0.25, 0.3) is 0 Å². The number of ether oxygens (including phenoxy) is 2. The number of hydrogen-bond donors (Lipinski definition) is 2. The second kappa shape index (κ2) is 11.2. The summed E-state index contributed by atoms with van der Waals surface area (Å²) in [5, 5.41) is 13.8. The normalized spacial score (nSPS) is 15.4. The lowest BCUT2D eigenvalue weighted by Crippen LogP contribution is -2.39. The fraction of sp³-hybridized carbons (Fsp3) is 0.345. The maximum Gasteiger partial charge on any atom is 0.220 e. The van der Waals surface area contributed by atoms with E-state index in [2.05, 4.69) is 27.3 Å². The molecule has 1 fully saturated rings. The van der Waals surface area contributed by atoms with E-state index in [4.69, 9.17) is 9.47 Å². The molecular weight excluding hydrogens is 506 g/mol. The van der Waals surface area contributed by atoms with Crippen LogP contribution < -0.4 is 14.8 Å². The van der Waals surface area contributed by atoms with E-state index < -0.39 is 0 Å². The van der Waals surface area contributed by atoms with Crippen molar-refractivity contribution in [3.05, 3.63) is 87.9 Å². The number of phenols is 1. The maximum absolute atomic E-state index is 13.3. The third-order valence-electron chi connectivity index (χ3n) is 7.14. The van der Waals surface area contributed by atoms with Gasteiger partial charge in [-0.25, -0.2) is 0 Å². The Morgan fingerprint density at radius 1 is 1.00 bits per heavy atom. The van der Waals surface area contributed by atoms with Crippen LogP contribution in [-0.2, 0) is 10.2 Å². The van der Waals surface area contributed by atoms with Crippen LogP contribution in [0, 0.1) is 0 Å². The molecule has 5 nitrogen and oxygen atoms in total. The van der Waals surface area contributed by atoms with Crippen LogP contribution in [0.5, 0.6) is 17.2 Å². The zero-order chi connectivity index (χ0) is 24.8. The van der Waals surface area contributed by atoms with Gasteiger partial charge in [-0.3, -0.25) is 4.79 Å². The number of amides is 1. The molecule has 0 radical (unpaired) electrons. The third-order valence-corrected chi connectivity index (χ3v) is 7.63. The molecule has 4 rings (SSSR count). The van der Waals surface area contributed by atoms with E-state index in [0.29, 0.717) is 18.0 Å². The van der Waals surface area contributed by atoms with Crippen LogP contribution in [0.3, 0.4) is 0 Å². The molecule has 0 heterocycles. The summed E-state index contributed by atoms with van der Waals surface area (Å²) >= 11 is 3.50. The summed E-state index contributed by atoms with van der Waals surface area (Å²) in [5.41, 5.74) is 2.76. The Morgan fingerprint density at radius 3 is 2.40 bits per heavy atom. The maximum atomic E-state index is 13.3. The number of nitrogens with one attached hydrogen (secondary N) is 1. The van der Waals surface area contributed by atoms with Gasteiger partial charge in [-0.15, -0.1) is 0 Å². The molecule has 2 N–H and O–H groups in total. The Bertz CT molecular complexity index is 1160. The van der Waals surface area contributed by atoms with Gasteiger partial charge < -0.3 is 19.9 Å². The number of carbonyl (C=O) groups is 1. The van der Waals surface area contributed by atoms with Gasteiger partial charge in [0.15, 0.2) is 11.5 Å². The van der Waals surface area contributed by atoms with E-state index >= 15 is 0 Å². The van der Waals surface area contributed by atoms with Crippen molar-refractivity contribution in [2.24, 2.45) is 0 Å². The van der Waals surface area contributed by atoms with E-state index in [0.717, 1.165) is 46.8 Å². The van der Waals surface area contributed by atoms with Gasteiger partial charge in [-0.05, 0) is 54.3 Å². The zero-order valence-corrected chi connectivity index (χ0v) is 21.8. The molecule has 0 spiro atoms. The summed E-state index contributed by atoms with van der Waals surface area (Å²) in [6, 6.07) is 21.3. The second-order valence-corrected chi connectivity index (χ2v) is 10.1. The molecule has 35 heavy (non-hydrogen) atoms. The largest absolute Gasteiger partial charge is 0.508 e. The van der Waals surface area contributed by atoms with Crippen LogP contribution >= 0.6 is 15.9 Å². The number of halogens is 1. The molecule has 0 aromatic heterocycles. The van der Waals surface area contributed by atoms with Crippen LogP contribution in [0.2, 0.25) is 0 Å². The highest BCUT2D eigenvalue weighted by Gasteiger charge is 2.37. The van der Waals surface area contributed by atoms with E-state index in [1.165, 1.54) is 0 Å². The average molecular weight is 538 g/mol. The van der Waals surface area contributed by atoms with E-state index in [9.17, 15) is 9.90 Å². The topological polar surface area (TPSA) is 67.8 Å². The lowest BCUT2D eigenvalue weighted by atomic mass is 9.78. The molecular formula is C29H32BrNO4. The van der Waals surface area contributed by atoms with Gasteiger partial charge in [-0.2, -0.15) is 0 Å².